The van der Waals surface area contributed by atoms with Gasteiger partial charge in [-0.05, 0) is 43.4 Å². The highest BCUT2D eigenvalue weighted by Gasteiger charge is 2.53. The summed E-state index contributed by atoms with van der Waals surface area (Å²) in [6.07, 6.45) is -0.982. The van der Waals surface area contributed by atoms with Crippen molar-refractivity contribution in [1.29, 1.82) is 0 Å². The van der Waals surface area contributed by atoms with Crippen molar-refractivity contribution in [3.8, 4) is 23.0 Å². The van der Waals surface area contributed by atoms with E-state index >= 15 is 0 Å². The van der Waals surface area contributed by atoms with Gasteiger partial charge in [0, 0.05) is 34.5 Å². The third kappa shape index (κ3) is 2.51. The van der Waals surface area contributed by atoms with Crippen LogP contribution >= 0.6 is 0 Å². The summed E-state index contributed by atoms with van der Waals surface area (Å²) < 4.78 is 11.9. The highest BCUT2D eigenvalue weighted by Crippen LogP contribution is 2.57. The molecule has 0 amide bonds. The van der Waals surface area contributed by atoms with Gasteiger partial charge in [0.05, 0.1) is 5.56 Å². The highest BCUT2D eigenvalue weighted by molar-refractivity contribution is 5.98. The quantitative estimate of drug-likeness (QED) is 0.333. The van der Waals surface area contributed by atoms with Crippen LogP contribution in [0, 0.1) is 0 Å². The van der Waals surface area contributed by atoms with Crippen LogP contribution in [-0.4, -0.2) is 34.7 Å². The molecule has 1 atom stereocenters. The summed E-state index contributed by atoms with van der Waals surface area (Å²) in [4.78, 5) is 12.9. The molecule has 8 heteroatoms. The number of hydrogen-bond donors (Lipinski definition) is 5. The molecule has 2 aliphatic heterocycles. The number of esters is 1. The Morgan fingerprint density at radius 2 is 1.50 bits per heavy atom. The van der Waals surface area contributed by atoms with Gasteiger partial charge in [-0.15, -0.1) is 0 Å². The zero-order valence-electron chi connectivity index (χ0n) is 15.8. The van der Waals surface area contributed by atoms with Crippen molar-refractivity contribution in [2.75, 3.05) is 12.4 Å². The first-order valence-electron chi connectivity index (χ1n) is 9.27. The van der Waals surface area contributed by atoms with Crippen LogP contribution in [0.1, 0.15) is 27.0 Å². The van der Waals surface area contributed by atoms with Crippen LogP contribution < -0.4 is 15.4 Å². The molecular formula is C22H18N2O6. The normalized spacial score (nSPS) is 16.1. The van der Waals surface area contributed by atoms with E-state index in [-0.39, 0.29) is 11.5 Å². The molecule has 2 heterocycles. The van der Waals surface area contributed by atoms with Crippen molar-refractivity contribution in [3.63, 3.8) is 0 Å². The maximum Gasteiger partial charge on any atom is 0.340 e. The molecule has 5 N–H and O–H groups in total. The second kappa shape index (κ2) is 6.38. The highest BCUT2D eigenvalue weighted by atomic mass is 16.6. The maximum atomic E-state index is 12.9. The fourth-order valence-electron chi connectivity index (χ4n) is 4.03. The minimum atomic E-state index is -1.29. The van der Waals surface area contributed by atoms with Crippen molar-refractivity contribution >= 4 is 11.7 Å². The first kappa shape index (κ1) is 18.3. The van der Waals surface area contributed by atoms with E-state index in [0.717, 1.165) is 0 Å². The first-order chi connectivity index (χ1) is 14.4. The Bertz CT molecular complexity index is 1140. The fourth-order valence-corrected chi connectivity index (χ4v) is 4.03. The maximum absolute atomic E-state index is 12.9. The third-order valence-electron chi connectivity index (χ3n) is 5.35. The molecule has 3 aromatic carbocycles. The largest absolute Gasteiger partial charge is 0.508 e. The number of phenolic OH excluding ortho intramolecular Hbond substituents is 2. The molecule has 0 bridgehead atoms. The topological polar surface area (TPSA) is 120 Å². The van der Waals surface area contributed by atoms with E-state index in [1.165, 1.54) is 24.3 Å². The lowest BCUT2D eigenvalue weighted by molar-refractivity contribution is 0.0224. The van der Waals surface area contributed by atoms with Crippen LogP contribution in [0.3, 0.4) is 0 Å². The predicted octanol–water partition coefficient (Wildman–Crippen LogP) is 2.57. The van der Waals surface area contributed by atoms with Crippen molar-refractivity contribution in [1.82, 2.24) is 5.32 Å². The van der Waals surface area contributed by atoms with Gasteiger partial charge >= 0.3 is 5.97 Å². The van der Waals surface area contributed by atoms with Gasteiger partial charge in [0.25, 0.3) is 0 Å². The average Bonchev–Trinajstić information content (AvgIpc) is 3.00. The number of phenols is 2. The summed E-state index contributed by atoms with van der Waals surface area (Å²) in [5.41, 5.74) is 1.29. The van der Waals surface area contributed by atoms with Gasteiger partial charge < -0.3 is 30.1 Å². The number of carbonyl (C=O) groups is 1. The van der Waals surface area contributed by atoms with Crippen LogP contribution in [0.15, 0.2) is 54.6 Å². The Labute approximate surface area is 171 Å². The molecule has 5 rings (SSSR count). The van der Waals surface area contributed by atoms with Gasteiger partial charge in [-0.2, -0.15) is 0 Å². The van der Waals surface area contributed by atoms with Crippen LogP contribution in [-0.2, 0) is 10.3 Å². The lowest BCUT2D eigenvalue weighted by atomic mass is 9.77. The molecule has 3 aromatic rings. The number of anilines is 1. The molecule has 30 heavy (non-hydrogen) atoms. The summed E-state index contributed by atoms with van der Waals surface area (Å²) in [6, 6.07) is 14.3. The van der Waals surface area contributed by atoms with E-state index in [2.05, 4.69) is 10.6 Å². The number of benzene rings is 3. The molecule has 0 aromatic heterocycles. The molecule has 0 aliphatic carbocycles. The number of aliphatic hydroxyl groups is 1. The molecule has 0 saturated heterocycles. The molecule has 0 fully saturated rings. The summed E-state index contributed by atoms with van der Waals surface area (Å²) in [6.45, 7) is 0. The van der Waals surface area contributed by atoms with Crippen LogP contribution in [0.5, 0.6) is 23.0 Å². The number of hydrogen-bond acceptors (Lipinski definition) is 8. The van der Waals surface area contributed by atoms with Crippen LogP contribution in [0.25, 0.3) is 0 Å². The molecule has 0 saturated carbocycles. The Morgan fingerprint density at radius 3 is 2.10 bits per heavy atom. The lowest BCUT2D eigenvalue weighted by Gasteiger charge is -2.36. The number of nitrogens with one attached hydrogen (secondary N) is 2. The molecule has 8 nitrogen and oxygen atoms in total. The molecule has 152 valence electrons. The van der Waals surface area contributed by atoms with Crippen molar-refractivity contribution in [3.05, 3.63) is 76.9 Å². The third-order valence-corrected chi connectivity index (χ3v) is 5.35. The predicted molar refractivity (Wildman–Crippen MR) is 107 cm³/mol. The fraction of sp³-hybridized carbons (Fsp3) is 0.136. The van der Waals surface area contributed by atoms with Gasteiger partial charge in [-0.25, -0.2) is 4.79 Å². The van der Waals surface area contributed by atoms with E-state index in [9.17, 15) is 20.1 Å². The Hall–Kier alpha value is -3.75. The number of carbonyl (C=O) groups excluding carboxylic acids is 1. The summed E-state index contributed by atoms with van der Waals surface area (Å²) in [7, 11) is 1.59. The van der Waals surface area contributed by atoms with E-state index in [1.54, 1.807) is 37.4 Å². The number of aromatic hydroxyl groups is 2. The summed E-state index contributed by atoms with van der Waals surface area (Å²) in [5, 5.41) is 35.1. The van der Waals surface area contributed by atoms with Crippen molar-refractivity contribution in [2.24, 2.45) is 0 Å². The van der Waals surface area contributed by atoms with Gasteiger partial charge in [0.1, 0.15) is 23.0 Å². The smallest absolute Gasteiger partial charge is 0.340 e. The lowest BCUT2D eigenvalue weighted by Crippen LogP contribution is -2.33. The summed E-state index contributed by atoms with van der Waals surface area (Å²) in [5.74, 6) is 0.103. The molecule has 0 radical (unpaired) electrons. The Morgan fingerprint density at radius 1 is 0.900 bits per heavy atom. The standard InChI is InChI=1S/C22H18N2O6/c1-23-21(28)24-11-2-5-15-14(8-11)20(27)30-22(15)16-6-3-12(25)9-18(16)29-19-10-13(26)4-7-17(19)22/h2-10,21,23-26,28H,1H3. The number of ether oxygens (including phenoxy) is 2. The van der Waals surface area contributed by atoms with E-state index < -0.39 is 17.9 Å². The minimum absolute atomic E-state index is 0.00217. The average molecular weight is 406 g/mol. The summed E-state index contributed by atoms with van der Waals surface area (Å²) >= 11 is 0. The van der Waals surface area contributed by atoms with Crippen LogP contribution in [0.4, 0.5) is 5.69 Å². The SMILES string of the molecule is CNC(O)Nc1ccc2c(c1)C(=O)OC21c2ccc(O)cc2Oc2cc(O)ccc21. The number of aliphatic hydroxyl groups excluding tert-OH is 1. The second-order valence-electron chi connectivity index (χ2n) is 7.13. The Kier molecular flexibility index (Phi) is 3.89. The van der Waals surface area contributed by atoms with E-state index in [0.29, 0.717) is 39.4 Å². The number of fused-ring (bicyclic) bond motifs is 6. The second-order valence-corrected chi connectivity index (χ2v) is 7.13. The van der Waals surface area contributed by atoms with E-state index in [1.807, 2.05) is 0 Å². The molecular weight excluding hydrogens is 388 g/mol. The van der Waals surface area contributed by atoms with E-state index in [4.69, 9.17) is 9.47 Å². The van der Waals surface area contributed by atoms with Crippen LogP contribution in [0.2, 0.25) is 0 Å². The van der Waals surface area contributed by atoms with Gasteiger partial charge in [-0.3, -0.25) is 5.32 Å². The first-order valence-corrected chi connectivity index (χ1v) is 9.27. The molecule has 2 aliphatic rings. The molecule has 1 spiro atoms. The van der Waals surface area contributed by atoms with Crippen molar-refractivity contribution < 1.29 is 29.6 Å². The minimum Gasteiger partial charge on any atom is -0.508 e. The van der Waals surface area contributed by atoms with Gasteiger partial charge in [-0.1, -0.05) is 6.07 Å². The zero-order valence-corrected chi connectivity index (χ0v) is 15.8. The monoisotopic (exact) mass is 406 g/mol. The zero-order chi connectivity index (χ0) is 21.0. The van der Waals surface area contributed by atoms with Gasteiger partial charge in [0.2, 0.25) is 0 Å². The van der Waals surface area contributed by atoms with Crippen molar-refractivity contribution in [2.45, 2.75) is 12.0 Å². The molecule has 1 unspecified atom stereocenters. The van der Waals surface area contributed by atoms with Gasteiger partial charge in [0.15, 0.2) is 12.0 Å². The number of rotatable bonds is 3. The Balaban J connectivity index is 1.75.